The van der Waals surface area contributed by atoms with E-state index in [4.69, 9.17) is 5.73 Å². The van der Waals surface area contributed by atoms with Crippen molar-refractivity contribution in [1.29, 1.82) is 0 Å². The van der Waals surface area contributed by atoms with Gasteiger partial charge in [0.05, 0.1) is 22.3 Å². The van der Waals surface area contributed by atoms with Crippen molar-refractivity contribution in [2.45, 2.75) is 18.4 Å². The van der Waals surface area contributed by atoms with Crippen molar-refractivity contribution in [2.75, 3.05) is 0 Å². The van der Waals surface area contributed by atoms with Gasteiger partial charge in [0, 0.05) is 6.20 Å². The number of nitrogens with two attached hydrogens (primary N) is 1. The van der Waals surface area contributed by atoms with Crippen molar-refractivity contribution < 1.29 is 0 Å². The second kappa shape index (κ2) is 2.12. The van der Waals surface area contributed by atoms with Crippen LogP contribution in [0.25, 0.3) is 11.0 Å². The maximum absolute atomic E-state index is 6.05. The van der Waals surface area contributed by atoms with Crippen LogP contribution >= 0.6 is 0 Å². The first-order valence-electron chi connectivity index (χ1n) is 4.51. The van der Waals surface area contributed by atoms with Crippen LogP contribution in [-0.2, 0) is 5.54 Å². The molecule has 0 atom stereocenters. The lowest BCUT2D eigenvalue weighted by Gasteiger charge is -2.06. The number of nitrogens with zero attached hydrogens (tertiary/aromatic N) is 1. The Balaban J connectivity index is 2.20. The van der Waals surface area contributed by atoms with Crippen LogP contribution in [0.15, 0.2) is 24.4 Å². The van der Waals surface area contributed by atoms with Crippen LogP contribution in [0.4, 0.5) is 0 Å². The van der Waals surface area contributed by atoms with Gasteiger partial charge in [0.2, 0.25) is 0 Å². The Labute approximate surface area is 76.0 Å². The minimum Gasteiger partial charge on any atom is -0.360 e. The summed E-state index contributed by atoms with van der Waals surface area (Å²) in [4.78, 5) is 7.63. The molecule has 1 aliphatic rings. The summed E-state index contributed by atoms with van der Waals surface area (Å²) in [7, 11) is 0. The molecule has 3 heteroatoms. The third kappa shape index (κ3) is 0.971. The van der Waals surface area contributed by atoms with E-state index in [1.54, 1.807) is 0 Å². The molecule has 66 valence electrons. The van der Waals surface area contributed by atoms with Gasteiger partial charge >= 0.3 is 0 Å². The third-order valence-electron chi connectivity index (χ3n) is 2.70. The lowest BCUT2D eigenvalue weighted by atomic mass is 10.1. The van der Waals surface area contributed by atoms with E-state index in [-0.39, 0.29) is 5.54 Å². The summed E-state index contributed by atoms with van der Waals surface area (Å²) in [5, 5.41) is 0. The van der Waals surface area contributed by atoms with Gasteiger partial charge in [0.25, 0.3) is 0 Å². The van der Waals surface area contributed by atoms with E-state index in [9.17, 15) is 0 Å². The molecule has 0 amide bonds. The highest BCUT2D eigenvalue weighted by Gasteiger charge is 2.41. The number of aromatic amines is 1. The fourth-order valence-electron chi connectivity index (χ4n) is 1.60. The molecule has 3 rings (SSSR count). The highest BCUT2D eigenvalue weighted by atomic mass is 14.9. The molecule has 2 aromatic rings. The van der Waals surface area contributed by atoms with Crippen molar-refractivity contribution in [1.82, 2.24) is 9.97 Å². The minimum absolute atomic E-state index is 0.120. The standard InChI is InChI=1S/C10H11N3/c11-10(4-5-10)9-2-1-7-8(13-9)3-6-12-7/h1-3,6,12H,4-5,11H2. The minimum atomic E-state index is -0.120. The summed E-state index contributed by atoms with van der Waals surface area (Å²) < 4.78 is 0. The zero-order valence-corrected chi connectivity index (χ0v) is 7.25. The van der Waals surface area contributed by atoms with Crippen LogP contribution in [0.5, 0.6) is 0 Å². The Bertz CT molecular complexity index is 454. The van der Waals surface area contributed by atoms with Gasteiger partial charge in [-0.1, -0.05) is 0 Å². The number of aromatic nitrogens is 2. The Morgan fingerprint density at radius 1 is 1.31 bits per heavy atom. The van der Waals surface area contributed by atoms with E-state index in [0.29, 0.717) is 0 Å². The van der Waals surface area contributed by atoms with Crippen molar-refractivity contribution in [3.63, 3.8) is 0 Å². The first-order chi connectivity index (χ1) is 6.28. The Morgan fingerprint density at radius 3 is 2.92 bits per heavy atom. The fourth-order valence-corrected chi connectivity index (χ4v) is 1.60. The van der Waals surface area contributed by atoms with Crippen LogP contribution in [0.2, 0.25) is 0 Å². The van der Waals surface area contributed by atoms with Crippen molar-refractivity contribution in [3.05, 3.63) is 30.1 Å². The lowest BCUT2D eigenvalue weighted by Crippen LogP contribution is -2.19. The molecule has 13 heavy (non-hydrogen) atoms. The zero-order valence-electron chi connectivity index (χ0n) is 7.25. The number of rotatable bonds is 1. The van der Waals surface area contributed by atoms with Gasteiger partial charge in [0.15, 0.2) is 0 Å². The van der Waals surface area contributed by atoms with Gasteiger partial charge in [-0.3, -0.25) is 0 Å². The summed E-state index contributed by atoms with van der Waals surface area (Å²) in [6, 6.07) is 6.04. The monoisotopic (exact) mass is 173 g/mol. The van der Waals surface area contributed by atoms with E-state index in [0.717, 1.165) is 29.6 Å². The average molecular weight is 173 g/mol. The van der Waals surface area contributed by atoms with Gasteiger partial charge in [-0.05, 0) is 31.0 Å². The molecule has 1 aliphatic carbocycles. The summed E-state index contributed by atoms with van der Waals surface area (Å²) in [6.07, 6.45) is 4.03. The molecule has 0 radical (unpaired) electrons. The molecular weight excluding hydrogens is 162 g/mol. The Hall–Kier alpha value is -1.35. The smallest absolute Gasteiger partial charge is 0.0882 e. The molecule has 3 N–H and O–H groups in total. The average Bonchev–Trinajstić information content (AvgIpc) is 2.74. The Morgan fingerprint density at radius 2 is 2.15 bits per heavy atom. The third-order valence-corrected chi connectivity index (χ3v) is 2.70. The van der Waals surface area contributed by atoms with Gasteiger partial charge in [-0.2, -0.15) is 0 Å². The predicted octanol–water partition coefficient (Wildman–Crippen LogP) is 1.51. The maximum atomic E-state index is 6.05. The molecule has 0 aliphatic heterocycles. The van der Waals surface area contributed by atoms with Crippen LogP contribution in [0.3, 0.4) is 0 Å². The summed E-state index contributed by atoms with van der Waals surface area (Å²) in [5.74, 6) is 0. The molecule has 3 nitrogen and oxygen atoms in total. The quantitative estimate of drug-likeness (QED) is 0.686. The van der Waals surface area contributed by atoms with E-state index in [1.165, 1.54) is 0 Å². The summed E-state index contributed by atoms with van der Waals surface area (Å²) >= 11 is 0. The number of fused-ring (bicyclic) bond motifs is 1. The first kappa shape index (κ1) is 7.09. The molecule has 0 saturated heterocycles. The van der Waals surface area contributed by atoms with Gasteiger partial charge in [0.1, 0.15) is 0 Å². The van der Waals surface area contributed by atoms with Crippen LogP contribution in [0, 0.1) is 0 Å². The maximum Gasteiger partial charge on any atom is 0.0882 e. The fraction of sp³-hybridized carbons (Fsp3) is 0.300. The molecule has 1 fully saturated rings. The summed E-state index contributed by atoms with van der Waals surface area (Å²) in [6.45, 7) is 0. The molecule has 0 aromatic carbocycles. The van der Waals surface area contributed by atoms with Gasteiger partial charge in [-0.25, -0.2) is 4.98 Å². The van der Waals surface area contributed by atoms with Gasteiger partial charge in [-0.15, -0.1) is 0 Å². The van der Waals surface area contributed by atoms with Crippen LogP contribution in [0.1, 0.15) is 18.5 Å². The second-order valence-corrected chi connectivity index (χ2v) is 3.76. The number of pyridine rings is 1. The molecule has 2 aromatic heterocycles. The molecule has 0 spiro atoms. The first-order valence-corrected chi connectivity index (χ1v) is 4.51. The lowest BCUT2D eigenvalue weighted by molar-refractivity contribution is 0.712. The van der Waals surface area contributed by atoms with E-state index in [1.807, 2.05) is 24.4 Å². The van der Waals surface area contributed by atoms with E-state index < -0.39 is 0 Å². The van der Waals surface area contributed by atoms with Crippen LogP contribution in [-0.4, -0.2) is 9.97 Å². The topological polar surface area (TPSA) is 54.7 Å². The number of H-pyrrole nitrogens is 1. The SMILES string of the molecule is NC1(c2ccc3[nH]ccc3n2)CC1. The van der Waals surface area contributed by atoms with Crippen molar-refractivity contribution in [3.8, 4) is 0 Å². The molecule has 0 bridgehead atoms. The largest absolute Gasteiger partial charge is 0.360 e. The van der Waals surface area contributed by atoms with Crippen molar-refractivity contribution >= 4 is 11.0 Å². The summed E-state index contributed by atoms with van der Waals surface area (Å²) in [5.41, 5.74) is 9.05. The van der Waals surface area contributed by atoms with Gasteiger partial charge < -0.3 is 10.7 Å². The molecule has 0 unspecified atom stereocenters. The zero-order chi connectivity index (χ0) is 8.89. The molecular formula is C10H11N3. The number of hydrogen-bond donors (Lipinski definition) is 2. The Kier molecular flexibility index (Phi) is 1.15. The van der Waals surface area contributed by atoms with Crippen molar-refractivity contribution in [2.24, 2.45) is 5.73 Å². The van der Waals surface area contributed by atoms with E-state index >= 15 is 0 Å². The normalized spacial score (nSPS) is 19.2. The molecule has 2 heterocycles. The highest BCUT2D eigenvalue weighted by molar-refractivity contribution is 5.74. The highest BCUT2D eigenvalue weighted by Crippen LogP contribution is 2.41. The van der Waals surface area contributed by atoms with Crippen LogP contribution < -0.4 is 5.73 Å². The number of nitrogens with one attached hydrogen (secondary N) is 1. The van der Waals surface area contributed by atoms with E-state index in [2.05, 4.69) is 9.97 Å². The molecule has 1 saturated carbocycles. The number of hydrogen-bond acceptors (Lipinski definition) is 2. The predicted molar refractivity (Wildman–Crippen MR) is 51.2 cm³/mol. The second-order valence-electron chi connectivity index (χ2n) is 3.76.